The molecule has 4 N–H and O–H groups in total. The van der Waals surface area contributed by atoms with Gasteiger partial charge in [-0.25, -0.2) is 0 Å². The largest absolute Gasteiger partial charge is 0.481 e. The minimum atomic E-state index is -0.925. The lowest BCUT2D eigenvalue weighted by Crippen LogP contribution is -2.34. The number of nitrogens with two attached hydrogens (primary N) is 1. The van der Waals surface area contributed by atoms with E-state index in [9.17, 15) is 9.59 Å². The van der Waals surface area contributed by atoms with Gasteiger partial charge in [-0.1, -0.05) is 6.07 Å². The molecule has 19 heavy (non-hydrogen) atoms. The van der Waals surface area contributed by atoms with Crippen molar-refractivity contribution in [3.8, 4) is 0 Å². The van der Waals surface area contributed by atoms with Gasteiger partial charge in [0.1, 0.15) is 5.92 Å². The van der Waals surface area contributed by atoms with Crippen LogP contribution in [0.5, 0.6) is 0 Å². The lowest BCUT2D eigenvalue weighted by atomic mass is 10.0. The van der Waals surface area contributed by atoms with E-state index in [2.05, 4.69) is 21.2 Å². The highest BCUT2D eigenvalue weighted by Crippen LogP contribution is 2.27. The van der Waals surface area contributed by atoms with Gasteiger partial charge in [0, 0.05) is 10.2 Å². The van der Waals surface area contributed by atoms with Gasteiger partial charge in [-0.2, -0.15) is 0 Å². The number of carboxylic acid groups (broad SMARTS) is 1. The molecule has 0 saturated carbocycles. The molecule has 7 heteroatoms. The van der Waals surface area contributed by atoms with Crippen molar-refractivity contribution < 1.29 is 19.4 Å². The van der Waals surface area contributed by atoms with E-state index in [4.69, 9.17) is 15.6 Å². The Hall–Kier alpha value is -1.60. The average Bonchev–Trinajstić information content (AvgIpc) is 2.76. The van der Waals surface area contributed by atoms with Crippen molar-refractivity contribution in [2.45, 2.75) is 6.04 Å². The molecule has 2 unspecified atom stereocenters. The van der Waals surface area contributed by atoms with Crippen LogP contribution in [0.4, 0.5) is 5.69 Å². The second-order valence-electron chi connectivity index (χ2n) is 4.26. The summed E-state index contributed by atoms with van der Waals surface area (Å²) in [7, 11) is 0. The molecule has 2 atom stereocenters. The monoisotopic (exact) mass is 328 g/mol. The Bertz CT molecular complexity index is 520. The number of hydrogen-bond acceptors (Lipinski definition) is 4. The van der Waals surface area contributed by atoms with Crippen LogP contribution in [0.1, 0.15) is 10.4 Å². The standard InChI is InChI=1S/C12H13BrN2O4/c13-7-2-1-3-8(10(7)11(14)16)15-9-5-19-4-6(9)12(17)18/h1-3,6,9,15H,4-5H2,(H2,14,16)(H,17,18). The zero-order chi connectivity index (χ0) is 14.0. The number of amides is 1. The molecule has 0 aliphatic carbocycles. The molecule has 6 nitrogen and oxygen atoms in total. The molecule has 1 heterocycles. The molecule has 1 aromatic rings. The Morgan fingerprint density at radius 3 is 2.79 bits per heavy atom. The molecule has 1 amide bonds. The van der Waals surface area contributed by atoms with Gasteiger partial charge in [0.15, 0.2) is 0 Å². The van der Waals surface area contributed by atoms with Gasteiger partial charge in [0.2, 0.25) is 0 Å². The summed E-state index contributed by atoms with van der Waals surface area (Å²) in [5, 5.41) is 12.1. The fraction of sp³-hybridized carbons (Fsp3) is 0.333. The number of nitrogens with one attached hydrogen (secondary N) is 1. The summed E-state index contributed by atoms with van der Waals surface area (Å²) in [5.74, 6) is -2.15. The topological polar surface area (TPSA) is 102 Å². The van der Waals surface area contributed by atoms with Crippen molar-refractivity contribution in [1.82, 2.24) is 0 Å². The first kappa shape index (κ1) is 13.8. The number of ether oxygens (including phenoxy) is 1. The highest BCUT2D eigenvalue weighted by molar-refractivity contribution is 9.10. The molecule has 1 aliphatic heterocycles. The summed E-state index contributed by atoms with van der Waals surface area (Å²) < 4.78 is 5.73. The molecule has 1 aliphatic rings. The van der Waals surface area contributed by atoms with Crippen molar-refractivity contribution in [3.05, 3.63) is 28.2 Å². The van der Waals surface area contributed by atoms with Gasteiger partial charge in [0.25, 0.3) is 5.91 Å². The second-order valence-corrected chi connectivity index (χ2v) is 5.11. The number of primary amides is 1. The van der Waals surface area contributed by atoms with Crippen molar-refractivity contribution in [2.75, 3.05) is 18.5 Å². The third-order valence-electron chi connectivity index (χ3n) is 3.00. The maximum absolute atomic E-state index is 11.4. The Labute approximate surface area is 118 Å². The quantitative estimate of drug-likeness (QED) is 0.767. The van der Waals surface area contributed by atoms with E-state index in [1.165, 1.54) is 0 Å². The van der Waals surface area contributed by atoms with E-state index in [-0.39, 0.29) is 19.3 Å². The van der Waals surface area contributed by atoms with Gasteiger partial charge < -0.3 is 20.9 Å². The summed E-state index contributed by atoms with van der Waals surface area (Å²) in [5.41, 5.74) is 6.14. The van der Waals surface area contributed by atoms with Gasteiger partial charge in [-0.15, -0.1) is 0 Å². The van der Waals surface area contributed by atoms with E-state index in [1.54, 1.807) is 18.2 Å². The van der Waals surface area contributed by atoms with E-state index in [0.29, 0.717) is 15.7 Å². The predicted octanol–water partition coefficient (Wildman–Crippen LogP) is 1.06. The first-order valence-corrected chi connectivity index (χ1v) is 6.45. The van der Waals surface area contributed by atoms with Crippen LogP contribution in [0.25, 0.3) is 0 Å². The van der Waals surface area contributed by atoms with Crippen molar-refractivity contribution in [1.29, 1.82) is 0 Å². The van der Waals surface area contributed by atoms with Crippen LogP contribution >= 0.6 is 15.9 Å². The number of carbonyl (C=O) groups excluding carboxylic acids is 1. The fourth-order valence-corrected chi connectivity index (χ4v) is 2.60. The number of anilines is 1. The number of aliphatic carboxylic acids is 1. The van der Waals surface area contributed by atoms with Gasteiger partial charge in [0.05, 0.1) is 24.8 Å². The minimum Gasteiger partial charge on any atom is -0.481 e. The molecule has 1 fully saturated rings. The van der Waals surface area contributed by atoms with Crippen LogP contribution in [0, 0.1) is 5.92 Å². The summed E-state index contributed by atoms with van der Waals surface area (Å²) in [6, 6.07) is 4.74. The predicted molar refractivity (Wildman–Crippen MR) is 72.0 cm³/mol. The zero-order valence-corrected chi connectivity index (χ0v) is 11.5. The molecule has 1 aromatic carbocycles. The highest BCUT2D eigenvalue weighted by atomic mass is 79.9. The number of benzene rings is 1. The van der Waals surface area contributed by atoms with Crippen LogP contribution in [0.2, 0.25) is 0 Å². The molecular formula is C12H13BrN2O4. The van der Waals surface area contributed by atoms with Crippen LogP contribution < -0.4 is 11.1 Å². The number of halogens is 1. The normalized spacial score (nSPS) is 22.2. The first-order valence-electron chi connectivity index (χ1n) is 5.66. The molecule has 1 saturated heterocycles. The molecule has 0 radical (unpaired) electrons. The lowest BCUT2D eigenvalue weighted by Gasteiger charge is -2.19. The zero-order valence-electron chi connectivity index (χ0n) is 9.93. The third kappa shape index (κ3) is 2.87. The van der Waals surface area contributed by atoms with Crippen LogP contribution in [-0.4, -0.2) is 36.2 Å². The maximum atomic E-state index is 11.4. The summed E-state index contributed by atoms with van der Waals surface area (Å²) in [4.78, 5) is 22.5. The van der Waals surface area contributed by atoms with Crippen molar-refractivity contribution in [2.24, 2.45) is 11.7 Å². The molecule has 2 rings (SSSR count). The molecule has 102 valence electrons. The van der Waals surface area contributed by atoms with E-state index < -0.39 is 17.8 Å². The van der Waals surface area contributed by atoms with Gasteiger partial charge in [-0.3, -0.25) is 9.59 Å². The molecule has 0 bridgehead atoms. The Morgan fingerprint density at radius 2 is 2.16 bits per heavy atom. The molecular weight excluding hydrogens is 316 g/mol. The average molecular weight is 329 g/mol. The fourth-order valence-electron chi connectivity index (χ4n) is 2.03. The SMILES string of the molecule is NC(=O)c1c(Br)cccc1NC1COCC1C(=O)O. The van der Waals surface area contributed by atoms with Crippen LogP contribution in [0.3, 0.4) is 0 Å². The lowest BCUT2D eigenvalue weighted by molar-refractivity contribution is -0.141. The van der Waals surface area contributed by atoms with Gasteiger partial charge >= 0.3 is 5.97 Å². The third-order valence-corrected chi connectivity index (χ3v) is 3.66. The summed E-state index contributed by atoms with van der Waals surface area (Å²) in [6.07, 6.45) is 0. The van der Waals surface area contributed by atoms with Crippen LogP contribution in [0.15, 0.2) is 22.7 Å². The maximum Gasteiger partial charge on any atom is 0.311 e. The first-order chi connectivity index (χ1) is 9.00. The van der Waals surface area contributed by atoms with E-state index >= 15 is 0 Å². The smallest absolute Gasteiger partial charge is 0.311 e. The van der Waals surface area contributed by atoms with Crippen molar-refractivity contribution in [3.63, 3.8) is 0 Å². The minimum absolute atomic E-state index is 0.160. The van der Waals surface area contributed by atoms with E-state index in [0.717, 1.165) is 0 Å². The second kappa shape index (κ2) is 5.58. The Kier molecular flexibility index (Phi) is 4.06. The highest BCUT2D eigenvalue weighted by Gasteiger charge is 2.34. The number of carboxylic acids is 1. The number of rotatable bonds is 4. The Balaban J connectivity index is 2.26. The Morgan fingerprint density at radius 1 is 1.42 bits per heavy atom. The summed E-state index contributed by atoms with van der Waals surface area (Å²) >= 11 is 3.25. The van der Waals surface area contributed by atoms with Gasteiger partial charge in [-0.05, 0) is 28.1 Å². The van der Waals surface area contributed by atoms with Crippen molar-refractivity contribution >= 4 is 33.5 Å². The molecule has 0 spiro atoms. The summed E-state index contributed by atoms with van der Waals surface area (Å²) in [6.45, 7) is 0.439. The number of hydrogen-bond donors (Lipinski definition) is 3. The molecule has 0 aromatic heterocycles. The number of carbonyl (C=O) groups is 2. The van der Waals surface area contributed by atoms with Crippen LogP contribution in [-0.2, 0) is 9.53 Å². The van der Waals surface area contributed by atoms with E-state index in [1.807, 2.05) is 0 Å².